The van der Waals surface area contributed by atoms with Crippen LogP contribution in [0.2, 0.25) is 0 Å². The van der Waals surface area contributed by atoms with Crippen molar-refractivity contribution in [2.24, 2.45) is 5.73 Å². The first kappa shape index (κ1) is 15.9. The van der Waals surface area contributed by atoms with Gasteiger partial charge in [0.2, 0.25) is 0 Å². The van der Waals surface area contributed by atoms with E-state index < -0.39 is 17.7 Å². The Morgan fingerprint density at radius 2 is 1.86 bits per heavy atom. The molecule has 0 fully saturated rings. The van der Waals surface area contributed by atoms with Crippen molar-refractivity contribution in [2.45, 2.75) is 19.4 Å². The SMILES string of the molecule is CCOc1ccc(C(N)Cc2c(F)cccc2F)cc1Br. The molecule has 0 aliphatic heterocycles. The summed E-state index contributed by atoms with van der Waals surface area (Å²) in [6.45, 7) is 2.46. The molecule has 1 atom stereocenters. The third-order valence-electron chi connectivity index (χ3n) is 3.17. The maximum atomic E-state index is 13.6. The molecule has 0 bridgehead atoms. The number of hydrogen-bond acceptors (Lipinski definition) is 2. The van der Waals surface area contributed by atoms with Crippen LogP contribution in [0.15, 0.2) is 40.9 Å². The number of benzene rings is 2. The van der Waals surface area contributed by atoms with Crippen molar-refractivity contribution in [1.82, 2.24) is 0 Å². The number of hydrogen-bond donors (Lipinski definition) is 1. The van der Waals surface area contributed by atoms with Crippen LogP contribution < -0.4 is 10.5 Å². The van der Waals surface area contributed by atoms with Crippen LogP contribution in [0, 0.1) is 11.6 Å². The topological polar surface area (TPSA) is 35.2 Å². The molecule has 0 aliphatic carbocycles. The van der Waals surface area contributed by atoms with Crippen LogP contribution in [0.3, 0.4) is 0 Å². The molecule has 0 aliphatic rings. The Morgan fingerprint density at radius 3 is 2.43 bits per heavy atom. The fraction of sp³-hybridized carbons (Fsp3) is 0.250. The minimum absolute atomic E-state index is 0.00927. The van der Waals surface area contributed by atoms with Crippen LogP contribution in [0.5, 0.6) is 5.75 Å². The predicted octanol–water partition coefficient (Wildman–Crippen LogP) is 4.37. The Labute approximate surface area is 131 Å². The molecule has 2 aromatic carbocycles. The minimum atomic E-state index is -0.574. The number of ether oxygens (including phenoxy) is 1. The highest BCUT2D eigenvalue weighted by Crippen LogP contribution is 2.29. The molecule has 0 radical (unpaired) electrons. The highest BCUT2D eigenvalue weighted by atomic mass is 79.9. The molecule has 0 saturated carbocycles. The molecule has 5 heteroatoms. The number of rotatable bonds is 5. The summed E-state index contributed by atoms with van der Waals surface area (Å²) in [6.07, 6.45) is 0.0962. The van der Waals surface area contributed by atoms with Gasteiger partial charge >= 0.3 is 0 Å². The van der Waals surface area contributed by atoms with Gasteiger partial charge in [-0.2, -0.15) is 0 Å². The van der Waals surface area contributed by atoms with Gasteiger partial charge in [0.15, 0.2) is 0 Å². The summed E-state index contributed by atoms with van der Waals surface area (Å²) in [5, 5.41) is 0. The summed E-state index contributed by atoms with van der Waals surface area (Å²) < 4.78 is 33.5. The van der Waals surface area contributed by atoms with Gasteiger partial charge < -0.3 is 10.5 Å². The summed E-state index contributed by atoms with van der Waals surface area (Å²) in [5.41, 5.74) is 6.86. The smallest absolute Gasteiger partial charge is 0.133 e. The highest BCUT2D eigenvalue weighted by Gasteiger charge is 2.15. The van der Waals surface area contributed by atoms with Gasteiger partial charge in [0.05, 0.1) is 11.1 Å². The maximum absolute atomic E-state index is 13.6. The van der Waals surface area contributed by atoms with Crippen LogP contribution in [0.1, 0.15) is 24.1 Å². The standard InChI is InChI=1S/C16H16BrF2NO/c1-2-21-16-7-6-10(8-12(16)17)15(20)9-11-13(18)4-3-5-14(11)19/h3-8,15H,2,9,20H2,1H3. The third-order valence-corrected chi connectivity index (χ3v) is 3.79. The zero-order valence-corrected chi connectivity index (χ0v) is 13.2. The van der Waals surface area contributed by atoms with Crippen molar-refractivity contribution in [2.75, 3.05) is 6.61 Å². The largest absolute Gasteiger partial charge is 0.493 e. The molecule has 0 heterocycles. The second-order valence-corrected chi connectivity index (χ2v) is 5.49. The first-order valence-corrected chi connectivity index (χ1v) is 7.43. The monoisotopic (exact) mass is 355 g/mol. The average Bonchev–Trinajstić information content (AvgIpc) is 2.45. The molecule has 2 aromatic rings. The van der Waals surface area contributed by atoms with Gasteiger partial charge in [-0.15, -0.1) is 0 Å². The Bertz CT molecular complexity index is 613. The average molecular weight is 356 g/mol. The van der Waals surface area contributed by atoms with Crippen LogP contribution in [-0.4, -0.2) is 6.61 Å². The lowest BCUT2D eigenvalue weighted by Crippen LogP contribution is -2.15. The van der Waals surface area contributed by atoms with Crippen LogP contribution >= 0.6 is 15.9 Å². The van der Waals surface area contributed by atoms with Crippen molar-refractivity contribution in [3.63, 3.8) is 0 Å². The molecule has 1 unspecified atom stereocenters. The maximum Gasteiger partial charge on any atom is 0.133 e. The van der Waals surface area contributed by atoms with E-state index in [1.54, 1.807) is 12.1 Å². The molecule has 2 rings (SSSR count). The Hall–Kier alpha value is -1.46. The van der Waals surface area contributed by atoms with Crippen LogP contribution in [0.25, 0.3) is 0 Å². The summed E-state index contributed by atoms with van der Waals surface area (Å²) in [4.78, 5) is 0. The van der Waals surface area contributed by atoms with Crippen molar-refractivity contribution >= 4 is 15.9 Å². The second kappa shape index (κ2) is 7.00. The Kier molecular flexibility index (Phi) is 5.31. The molecule has 21 heavy (non-hydrogen) atoms. The molecule has 112 valence electrons. The summed E-state index contributed by atoms with van der Waals surface area (Å²) in [7, 11) is 0. The Balaban J connectivity index is 2.20. The third kappa shape index (κ3) is 3.80. The molecular formula is C16H16BrF2NO. The number of halogens is 3. The van der Waals surface area contributed by atoms with Crippen molar-refractivity contribution < 1.29 is 13.5 Å². The van der Waals surface area contributed by atoms with Crippen LogP contribution in [-0.2, 0) is 6.42 Å². The summed E-state index contributed by atoms with van der Waals surface area (Å²) in [5.74, 6) is -0.434. The van der Waals surface area contributed by atoms with E-state index in [2.05, 4.69) is 15.9 Å². The highest BCUT2D eigenvalue weighted by molar-refractivity contribution is 9.10. The van der Waals surface area contributed by atoms with E-state index in [1.165, 1.54) is 18.2 Å². The van der Waals surface area contributed by atoms with Gasteiger partial charge in [-0.3, -0.25) is 0 Å². The zero-order chi connectivity index (χ0) is 15.4. The summed E-state index contributed by atoms with van der Waals surface area (Å²) >= 11 is 3.40. The lowest BCUT2D eigenvalue weighted by Gasteiger charge is -2.15. The van der Waals surface area contributed by atoms with E-state index in [0.29, 0.717) is 12.4 Å². The fourth-order valence-corrected chi connectivity index (χ4v) is 2.60. The molecule has 2 nitrogen and oxygen atoms in total. The predicted molar refractivity (Wildman–Crippen MR) is 82.3 cm³/mol. The lowest BCUT2D eigenvalue weighted by atomic mass is 9.99. The van der Waals surface area contributed by atoms with Crippen LogP contribution in [0.4, 0.5) is 8.78 Å². The molecule has 0 spiro atoms. The first-order chi connectivity index (χ1) is 10.0. The van der Waals surface area contributed by atoms with Gasteiger partial charge in [-0.25, -0.2) is 8.78 Å². The quantitative estimate of drug-likeness (QED) is 0.864. The van der Waals surface area contributed by atoms with E-state index in [9.17, 15) is 8.78 Å². The summed E-state index contributed by atoms with van der Waals surface area (Å²) in [6, 6.07) is 8.73. The van der Waals surface area contributed by atoms with Crippen molar-refractivity contribution in [3.8, 4) is 5.75 Å². The fourth-order valence-electron chi connectivity index (χ4n) is 2.09. The second-order valence-electron chi connectivity index (χ2n) is 4.63. The minimum Gasteiger partial charge on any atom is -0.493 e. The van der Waals surface area contributed by atoms with E-state index in [4.69, 9.17) is 10.5 Å². The van der Waals surface area contributed by atoms with Gasteiger partial charge in [0, 0.05) is 11.6 Å². The first-order valence-electron chi connectivity index (χ1n) is 6.63. The zero-order valence-electron chi connectivity index (χ0n) is 11.6. The molecule has 2 N–H and O–H groups in total. The molecule has 0 amide bonds. The normalized spacial score (nSPS) is 12.2. The van der Waals surface area contributed by atoms with E-state index in [-0.39, 0.29) is 12.0 Å². The van der Waals surface area contributed by atoms with Gasteiger partial charge in [0.1, 0.15) is 17.4 Å². The van der Waals surface area contributed by atoms with Gasteiger partial charge in [-0.05, 0) is 59.1 Å². The van der Waals surface area contributed by atoms with Gasteiger partial charge in [-0.1, -0.05) is 12.1 Å². The number of nitrogens with two attached hydrogens (primary N) is 1. The lowest BCUT2D eigenvalue weighted by molar-refractivity contribution is 0.338. The molecular weight excluding hydrogens is 340 g/mol. The molecule has 0 saturated heterocycles. The van der Waals surface area contributed by atoms with Crippen molar-refractivity contribution in [1.29, 1.82) is 0 Å². The molecule has 0 aromatic heterocycles. The van der Waals surface area contributed by atoms with E-state index >= 15 is 0 Å². The van der Waals surface area contributed by atoms with E-state index in [1.807, 2.05) is 13.0 Å². The van der Waals surface area contributed by atoms with Crippen molar-refractivity contribution in [3.05, 3.63) is 63.6 Å². The van der Waals surface area contributed by atoms with Gasteiger partial charge in [0.25, 0.3) is 0 Å². The Morgan fingerprint density at radius 1 is 1.19 bits per heavy atom. The van der Waals surface area contributed by atoms with E-state index in [0.717, 1.165) is 10.0 Å².